The van der Waals surface area contributed by atoms with Crippen molar-refractivity contribution in [3.8, 4) is 0 Å². The zero-order chi connectivity index (χ0) is 16.7. The number of nitrogens with one attached hydrogen (secondary N) is 1. The minimum Gasteiger partial charge on any atom is -0.445 e. The number of carbonyl (C=O) groups is 1. The summed E-state index contributed by atoms with van der Waals surface area (Å²) in [7, 11) is 0. The zero-order valence-electron chi connectivity index (χ0n) is 12.7. The molecule has 2 aromatic rings. The predicted octanol–water partition coefficient (Wildman–Crippen LogP) is 1.11. The first kappa shape index (κ1) is 16.9. The molecule has 1 aromatic heterocycles. The van der Waals surface area contributed by atoms with Gasteiger partial charge >= 0.3 is 6.09 Å². The zero-order valence-corrected chi connectivity index (χ0v) is 12.7. The molecule has 1 heterocycles. The van der Waals surface area contributed by atoms with E-state index in [0.29, 0.717) is 11.4 Å². The van der Waals surface area contributed by atoms with Gasteiger partial charge in [0.15, 0.2) is 0 Å². The van der Waals surface area contributed by atoms with Crippen LogP contribution in [0.5, 0.6) is 0 Å². The number of aliphatic hydroxyl groups is 2. The first-order valence-electron chi connectivity index (χ1n) is 7.15. The van der Waals surface area contributed by atoms with Gasteiger partial charge in [-0.1, -0.05) is 30.3 Å². The lowest BCUT2D eigenvalue weighted by molar-refractivity contribution is 0.0180. The molecule has 1 aromatic carbocycles. The van der Waals surface area contributed by atoms with Crippen molar-refractivity contribution in [2.24, 2.45) is 0 Å². The second-order valence-corrected chi connectivity index (χ2v) is 5.02. The van der Waals surface area contributed by atoms with E-state index in [1.807, 2.05) is 30.3 Å². The standard InChI is InChI=1S/C16H19N3O4/c1-11-17-7-13(8-18-11)15(21)14(20)9-19-16(22)23-10-12-5-3-2-4-6-12/h2-8,14-15,20-21H,9-10H2,1H3,(H,19,22). The lowest BCUT2D eigenvalue weighted by atomic mass is 10.1. The van der Waals surface area contributed by atoms with Crippen LogP contribution in [0, 0.1) is 6.92 Å². The van der Waals surface area contributed by atoms with E-state index in [0.717, 1.165) is 5.56 Å². The number of aliphatic hydroxyl groups excluding tert-OH is 2. The Labute approximate surface area is 134 Å². The molecule has 7 nitrogen and oxygen atoms in total. The van der Waals surface area contributed by atoms with Gasteiger partial charge < -0.3 is 20.3 Å². The summed E-state index contributed by atoms with van der Waals surface area (Å²) in [5.41, 5.74) is 1.24. The van der Waals surface area contributed by atoms with Gasteiger partial charge in [0, 0.05) is 24.5 Å². The van der Waals surface area contributed by atoms with Gasteiger partial charge in [-0.3, -0.25) is 0 Å². The van der Waals surface area contributed by atoms with Gasteiger partial charge in [-0.15, -0.1) is 0 Å². The van der Waals surface area contributed by atoms with E-state index in [9.17, 15) is 15.0 Å². The number of hydrogen-bond acceptors (Lipinski definition) is 6. The molecule has 122 valence electrons. The van der Waals surface area contributed by atoms with Gasteiger partial charge in [-0.2, -0.15) is 0 Å². The van der Waals surface area contributed by atoms with Crippen molar-refractivity contribution in [2.45, 2.75) is 25.7 Å². The molecule has 0 fully saturated rings. The fourth-order valence-electron chi connectivity index (χ4n) is 1.85. The van der Waals surface area contributed by atoms with Gasteiger partial charge in [0.25, 0.3) is 0 Å². The third kappa shape index (κ3) is 5.32. The van der Waals surface area contributed by atoms with Crippen LogP contribution < -0.4 is 5.32 Å². The van der Waals surface area contributed by atoms with E-state index in [-0.39, 0.29) is 13.2 Å². The number of amides is 1. The van der Waals surface area contributed by atoms with E-state index >= 15 is 0 Å². The maximum atomic E-state index is 11.6. The highest BCUT2D eigenvalue weighted by atomic mass is 16.5. The molecule has 3 N–H and O–H groups in total. The summed E-state index contributed by atoms with van der Waals surface area (Å²) < 4.78 is 5.01. The fraction of sp³-hybridized carbons (Fsp3) is 0.312. The SMILES string of the molecule is Cc1ncc(C(O)C(O)CNC(=O)OCc2ccccc2)cn1. The highest BCUT2D eigenvalue weighted by molar-refractivity contribution is 5.67. The molecular weight excluding hydrogens is 298 g/mol. The average molecular weight is 317 g/mol. The third-order valence-electron chi connectivity index (χ3n) is 3.18. The Balaban J connectivity index is 1.75. The Bertz CT molecular complexity index is 619. The highest BCUT2D eigenvalue weighted by Crippen LogP contribution is 2.14. The second kappa shape index (κ2) is 8.21. The normalized spacial score (nSPS) is 13.2. The van der Waals surface area contributed by atoms with Crippen LogP contribution in [0.4, 0.5) is 4.79 Å². The van der Waals surface area contributed by atoms with E-state index in [1.54, 1.807) is 6.92 Å². The molecule has 0 spiro atoms. The van der Waals surface area contributed by atoms with Crippen molar-refractivity contribution in [1.29, 1.82) is 0 Å². The van der Waals surface area contributed by atoms with Crippen molar-refractivity contribution in [3.63, 3.8) is 0 Å². The monoisotopic (exact) mass is 317 g/mol. The van der Waals surface area contributed by atoms with Crippen molar-refractivity contribution in [1.82, 2.24) is 15.3 Å². The quantitative estimate of drug-likeness (QED) is 0.737. The first-order chi connectivity index (χ1) is 11.1. The molecule has 0 aliphatic rings. The van der Waals surface area contributed by atoms with E-state index in [1.165, 1.54) is 12.4 Å². The van der Waals surface area contributed by atoms with Crippen molar-refractivity contribution < 1.29 is 19.7 Å². The highest BCUT2D eigenvalue weighted by Gasteiger charge is 2.20. The van der Waals surface area contributed by atoms with Crippen molar-refractivity contribution in [3.05, 3.63) is 59.7 Å². The van der Waals surface area contributed by atoms with Gasteiger partial charge in [0.2, 0.25) is 0 Å². The Morgan fingerprint density at radius 3 is 2.52 bits per heavy atom. The largest absolute Gasteiger partial charge is 0.445 e. The maximum Gasteiger partial charge on any atom is 0.407 e. The van der Waals surface area contributed by atoms with Gasteiger partial charge in [0.1, 0.15) is 24.6 Å². The molecule has 0 radical (unpaired) electrons. The van der Waals surface area contributed by atoms with Crippen LogP contribution in [0.2, 0.25) is 0 Å². The van der Waals surface area contributed by atoms with Crippen LogP contribution in [0.25, 0.3) is 0 Å². The molecule has 0 saturated heterocycles. The molecule has 2 atom stereocenters. The third-order valence-corrected chi connectivity index (χ3v) is 3.18. The summed E-state index contributed by atoms with van der Waals surface area (Å²) in [6, 6.07) is 9.24. The van der Waals surface area contributed by atoms with Crippen LogP contribution in [0.15, 0.2) is 42.7 Å². The number of alkyl carbamates (subject to hydrolysis) is 1. The number of nitrogens with zero attached hydrogens (tertiary/aromatic N) is 2. The smallest absolute Gasteiger partial charge is 0.407 e. The maximum absolute atomic E-state index is 11.6. The Morgan fingerprint density at radius 2 is 1.87 bits per heavy atom. The van der Waals surface area contributed by atoms with Gasteiger partial charge in [0.05, 0.1) is 0 Å². The summed E-state index contributed by atoms with van der Waals surface area (Å²) >= 11 is 0. The minimum atomic E-state index is -1.19. The summed E-state index contributed by atoms with van der Waals surface area (Å²) in [5.74, 6) is 0.568. The van der Waals surface area contributed by atoms with Crippen molar-refractivity contribution >= 4 is 6.09 Å². The number of carbonyl (C=O) groups excluding carboxylic acids is 1. The Hall–Kier alpha value is -2.51. The summed E-state index contributed by atoms with van der Waals surface area (Å²) in [4.78, 5) is 19.5. The van der Waals surface area contributed by atoms with Crippen molar-refractivity contribution in [2.75, 3.05) is 6.54 Å². The molecular formula is C16H19N3O4. The Kier molecular flexibility index (Phi) is 6.02. The summed E-state index contributed by atoms with van der Waals surface area (Å²) in [5, 5.41) is 22.3. The van der Waals surface area contributed by atoms with Crippen LogP contribution in [0.1, 0.15) is 23.1 Å². The number of aromatic nitrogens is 2. The molecule has 1 amide bonds. The topological polar surface area (TPSA) is 105 Å². The second-order valence-electron chi connectivity index (χ2n) is 5.02. The van der Waals surface area contributed by atoms with Crippen LogP contribution in [-0.2, 0) is 11.3 Å². The van der Waals surface area contributed by atoms with E-state index in [2.05, 4.69) is 15.3 Å². The molecule has 2 unspecified atom stereocenters. The molecule has 0 saturated carbocycles. The predicted molar refractivity (Wildman–Crippen MR) is 82.4 cm³/mol. The number of ether oxygens (including phenoxy) is 1. The van der Waals surface area contributed by atoms with Gasteiger partial charge in [-0.05, 0) is 12.5 Å². The first-order valence-corrected chi connectivity index (χ1v) is 7.15. The fourth-order valence-corrected chi connectivity index (χ4v) is 1.85. The Morgan fingerprint density at radius 1 is 1.22 bits per heavy atom. The van der Waals surface area contributed by atoms with E-state index in [4.69, 9.17) is 4.74 Å². The summed E-state index contributed by atoms with van der Waals surface area (Å²) in [6.45, 7) is 1.71. The molecule has 2 rings (SSSR count). The minimum absolute atomic E-state index is 0.136. The average Bonchev–Trinajstić information content (AvgIpc) is 2.58. The molecule has 0 aliphatic carbocycles. The molecule has 0 bridgehead atoms. The van der Waals surface area contributed by atoms with Gasteiger partial charge in [-0.25, -0.2) is 14.8 Å². The number of rotatable bonds is 6. The van der Waals surface area contributed by atoms with Crippen LogP contribution in [-0.4, -0.2) is 38.9 Å². The molecule has 7 heteroatoms. The number of aryl methyl sites for hydroxylation is 1. The molecule has 0 aliphatic heterocycles. The van der Waals surface area contributed by atoms with Crippen LogP contribution >= 0.6 is 0 Å². The van der Waals surface area contributed by atoms with E-state index < -0.39 is 18.3 Å². The number of hydrogen-bond donors (Lipinski definition) is 3. The summed E-state index contributed by atoms with van der Waals surface area (Å²) in [6.07, 6.45) is -0.177. The lowest BCUT2D eigenvalue weighted by Gasteiger charge is -2.18. The van der Waals surface area contributed by atoms with Crippen LogP contribution in [0.3, 0.4) is 0 Å². The number of benzene rings is 1. The molecule has 23 heavy (non-hydrogen) atoms. The lowest BCUT2D eigenvalue weighted by Crippen LogP contribution is -2.35.